The molecule has 0 fully saturated rings. The van der Waals surface area contributed by atoms with Gasteiger partial charge >= 0.3 is 0 Å². The van der Waals surface area contributed by atoms with Crippen LogP contribution in [-0.2, 0) is 0 Å². The predicted octanol–water partition coefficient (Wildman–Crippen LogP) is 3.30. The van der Waals surface area contributed by atoms with E-state index in [-0.39, 0.29) is 6.10 Å². The third kappa shape index (κ3) is 3.50. The Bertz CT molecular complexity index is 325. The molecule has 0 saturated heterocycles. The van der Waals surface area contributed by atoms with Crippen LogP contribution < -0.4 is 10.5 Å². The maximum absolute atomic E-state index is 5.77. The quantitative estimate of drug-likeness (QED) is 0.912. The highest BCUT2D eigenvalue weighted by atomic mass is 79.9. The molecule has 84 valence electrons. The first kappa shape index (κ1) is 12.5. The Morgan fingerprint density at radius 2 is 2.00 bits per heavy atom. The van der Waals surface area contributed by atoms with Gasteiger partial charge in [0.2, 0.25) is 0 Å². The van der Waals surface area contributed by atoms with Crippen LogP contribution in [0.4, 0.5) is 0 Å². The van der Waals surface area contributed by atoms with Crippen molar-refractivity contribution >= 4 is 15.9 Å². The Morgan fingerprint density at radius 1 is 1.33 bits per heavy atom. The predicted molar refractivity (Wildman–Crippen MR) is 67.4 cm³/mol. The van der Waals surface area contributed by atoms with Gasteiger partial charge in [0, 0.05) is 11.0 Å². The van der Waals surface area contributed by atoms with E-state index in [4.69, 9.17) is 10.5 Å². The summed E-state index contributed by atoms with van der Waals surface area (Å²) in [6.07, 6.45) is 0.0590. The summed E-state index contributed by atoms with van der Waals surface area (Å²) >= 11 is 3.47. The zero-order valence-electron chi connectivity index (χ0n) is 9.46. The zero-order valence-corrected chi connectivity index (χ0v) is 11.0. The molecule has 0 radical (unpaired) electrons. The minimum Gasteiger partial charge on any atom is -0.489 e. The molecule has 2 N–H and O–H groups in total. The number of benzene rings is 1. The summed E-state index contributed by atoms with van der Waals surface area (Å²) in [5.41, 5.74) is 6.75. The summed E-state index contributed by atoms with van der Waals surface area (Å²) in [6, 6.07) is 6.08. The third-order valence-corrected chi connectivity index (χ3v) is 2.75. The molecular formula is C12H18BrNO. The van der Waals surface area contributed by atoms with E-state index in [2.05, 4.69) is 35.8 Å². The lowest BCUT2D eigenvalue weighted by molar-refractivity contribution is 0.227. The van der Waals surface area contributed by atoms with Gasteiger partial charge in [-0.1, -0.05) is 29.8 Å². The highest BCUT2D eigenvalue weighted by Crippen LogP contribution is 2.30. The van der Waals surface area contributed by atoms with Gasteiger partial charge in [-0.3, -0.25) is 0 Å². The van der Waals surface area contributed by atoms with E-state index < -0.39 is 0 Å². The van der Waals surface area contributed by atoms with Gasteiger partial charge in [0.15, 0.2) is 0 Å². The first-order valence-electron chi connectivity index (χ1n) is 5.20. The topological polar surface area (TPSA) is 35.2 Å². The number of halogens is 1. The van der Waals surface area contributed by atoms with E-state index in [0.717, 1.165) is 10.2 Å². The van der Waals surface area contributed by atoms with Crippen LogP contribution in [0.5, 0.6) is 5.75 Å². The van der Waals surface area contributed by atoms with Gasteiger partial charge in [-0.2, -0.15) is 0 Å². The van der Waals surface area contributed by atoms with Gasteiger partial charge in [0.25, 0.3) is 0 Å². The Morgan fingerprint density at radius 3 is 2.53 bits per heavy atom. The van der Waals surface area contributed by atoms with Crippen molar-refractivity contribution in [1.82, 2.24) is 0 Å². The molecule has 0 aliphatic carbocycles. The summed E-state index contributed by atoms with van der Waals surface area (Å²) in [5.74, 6) is 1.38. The van der Waals surface area contributed by atoms with Gasteiger partial charge in [-0.05, 0) is 36.6 Å². The summed E-state index contributed by atoms with van der Waals surface area (Å²) in [7, 11) is 0. The van der Waals surface area contributed by atoms with Crippen LogP contribution in [0, 0.1) is 0 Å². The molecule has 1 aromatic carbocycles. The van der Waals surface area contributed by atoms with Gasteiger partial charge in [0.05, 0.1) is 0 Å². The van der Waals surface area contributed by atoms with E-state index in [1.54, 1.807) is 0 Å². The van der Waals surface area contributed by atoms with Crippen molar-refractivity contribution in [2.24, 2.45) is 5.73 Å². The minimum atomic E-state index is 0.0590. The van der Waals surface area contributed by atoms with Crippen molar-refractivity contribution in [1.29, 1.82) is 0 Å². The largest absolute Gasteiger partial charge is 0.489 e. The second-order valence-electron chi connectivity index (χ2n) is 4.00. The molecule has 0 aliphatic heterocycles. The average Bonchev–Trinajstić information content (AvgIpc) is 2.20. The summed E-state index contributed by atoms with van der Waals surface area (Å²) < 4.78 is 6.85. The van der Waals surface area contributed by atoms with E-state index in [1.165, 1.54) is 5.56 Å². The smallest absolute Gasteiger partial charge is 0.123 e. The molecule has 0 heterocycles. The maximum atomic E-state index is 5.77. The number of rotatable bonds is 4. The van der Waals surface area contributed by atoms with Crippen molar-refractivity contribution in [3.63, 3.8) is 0 Å². The molecule has 0 bridgehead atoms. The average molecular weight is 272 g/mol. The highest BCUT2D eigenvalue weighted by molar-refractivity contribution is 9.10. The molecule has 0 spiro atoms. The molecule has 1 unspecified atom stereocenters. The van der Waals surface area contributed by atoms with Crippen molar-refractivity contribution in [2.75, 3.05) is 6.54 Å². The van der Waals surface area contributed by atoms with Crippen molar-refractivity contribution < 1.29 is 4.74 Å². The zero-order chi connectivity index (χ0) is 11.4. The molecule has 0 aliphatic rings. The van der Waals surface area contributed by atoms with E-state index in [0.29, 0.717) is 12.5 Å². The monoisotopic (exact) mass is 271 g/mol. The van der Waals surface area contributed by atoms with Crippen LogP contribution in [0.1, 0.15) is 32.3 Å². The summed E-state index contributed by atoms with van der Waals surface area (Å²) in [6.45, 7) is 6.82. The fourth-order valence-corrected chi connectivity index (χ4v) is 1.72. The molecule has 1 aromatic rings. The lowest BCUT2D eigenvalue weighted by atomic mass is 10.0. The highest BCUT2D eigenvalue weighted by Gasteiger charge is 2.10. The Labute approximate surface area is 99.9 Å². The standard InChI is InChI=1S/C12H18BrNO/c1-8(2)11-6-10(13)4-5-12(11)15-9(3)7-14/h4-6,8-9H,7,14H2,1-3H3. The molecule has 1 rings (SSSR count). The maximum Gasteiger partial charge on any atom is 0.123 e. The van der Waals surface area contributed by atoms with Gasteiger partial charge in [0.1, 0.15) is 11.9 Å². The second-order valence-corrected chi connectivity index (χ2v) is 4.92. The van der Waals surface area contributed by atoms with Crippen molar-refractivity contribution in [2.45, 2.75) is 32.8 Å². The van der Waals surface area contributed by atoms with E-state index in [1.807, 2.05) is 19.1 Å². The van der Waals surface area contributed by atoms with Crippen molar-refractivity contribution in [3.8, 4) is 5.75 Å². The molecule has 0 amide bonds. The molecule has 2 nitrogen and oxygen atoms in total. The summed E-state index contributed by atoms with van der Waals surface area (Å²) in [4.78, 5) is 0. The SMILES string of the molecule is CC(CN)Oc1ccc(Br)cc1C(C)C. The molecule has 0 saturated carbocycles. The minimum absolute atomic E-state index is 0.0590. The Balaban J connectivity index is 2.95. The fourth-order valence-electron chi connectivity index (χ4n) is 1.34. The molecule has 0 aromatic heterocycles. The van der Waals surface area contributed by atoms with Crippen LogP contribution >= 0.6 is 15.9 Å². The first-order valence-corrected chi connectivity index (χ1v) is 6.00. The van der Waals surface area contributed by atoms with Crippen molar-refractivity contribution in [3.05, 3.63) is 28.2 Å². The number of hydrogen-bond acceptors (Lipinski definition) is 2. The van der Waals surface area contributed by atoms with Crippen LogP contribution in [0.3, 0.4) is 0 Å². The molecular weight excluding hydrogens is 254 g/mol. The van der Waals surface area contributed by atoms with Crippen LogP contribution in [0.25, 0.3) is 0 Å². The second kappa shape index (κ2) is 5.52. The Hall–Kier alpha value is -0.540. The third-order valence-electron chi connectivity index (χ3n) is 2.25. The van der Waals surface area contributed by atoms with E-state index >= 15 is 0 Å². The van der Waals surface area contributed by atoms with Gasteiger partial charge < -0.3 is 10.5 Å². The number of nitrogens with two attached hydrogens (primary N) is 1. The van der Waals surface area contributed by atoms with Crippen LogP contribution in [0.15, 0.2) is 22.7 Å². The lowest BCUT2D eigenvalue weighted by Gasteiger charge is -2.18. The van der Waals surface area contributed by atoms with E-state index in [9.17, 15) is 0 Å². The molecule has 3 heteroatoms. The molecule has 15 heavy (non-hydrogen) atoms. The fraction of sp³-hybridized carbons (Fsp3) is 0.500. The van der Waals surface area contributed by atoms with Crippen LogP contribution in [-0.4, -0.2) is 12.6 Å². The Kier molecular flexibility index (Phi) is 4.61. The number of ether oxygens (including phenoxy) is 1. The first-order chi connectivity index (χ1) is 7.04. The normalized spacial score (nSPS) is 12.9. The summed E-state index contributed by atoms with van der Waals surface area (Å²) in [5, 5.41) is 0. The lowest BCUT2D eigenvalue weighted by Crippen LogP contribution is -2.23. The van der Waals surface area contributed by atoms with Crippen LogP contribution in [0.2, 0.25) is 0 Å². The number of hydrogen-bond donors (Lipinski definition) is 1. The molecule has 1 atom stereocenters. The van der Waals surface area contributed by atoms with Gasteiger partial charge in [-0.25, -0.2) is 0 Å². The van der Waals surface area contributed by atoms with Gasteiger partial charge in [-0.15, -0.1) is 0 Å².